The summed E-state index contributed by atoms with van der Waals surface area (Å²) in [7, 11) is 0. The van der Waals surface area contributed by atoms with Crippen LogP contribution in [-0.4, -0.2) is 47.8 Å². The molecule has 0 aromatic heterocycles. The topological polar surface area (TPSA) is 78.9 Å². The first-order valence-corrected chi connectivity index (χ1v) is 6.98. The van der Waals surface area contributed by atoms with Gasteiger partial charge in [0.15, 0.2) is 0 Å². The lowest BCUT2D eigenvalue weighted by Gasteiger charge is -2.34. The molecule has 1 fully saturated rings. The highest BCUT2D eigenvalue weighted by Gasteiger charge is 2.29. The summed E-state index contributed by atoms with van der Waals surface area (Å²) in [6.45, 7) is 1.05. The number of carboxylic acids is 1. The van der Waals surface area contributed by atoms with Crippen molar-refractivity contribution >= 4 is 33.6 Å². The van der Waals surface area contributed by atoms with Gasteiger partial charge in [-0.25, -0.2) is 4.79 Å². The second-order valence-electron chi connectivity index (χ2n) is 4.46. The molecule has 0 bridgehead atoms. The lowest BCUT2D eigenvalue weighted by atomic mass is 10.1. The molecule has 0 spiro atoms. The van der Waals surface area contributed by atoms with E-state index in [0.29, 0.717) is 18.8 Å². The Morgan fingerprint density at radius 2 is 2.30 bits per heavy atom. The minimum absolute atomic E-state index is 0.119. The number of carbonyl (C=O) groups is 2. The minimum Gasteiger partial charge on any atom is -0.481 e. The molecule has 1 aromatic rings. The van der Waals surface area contributed by atoms with E-state index < -0.39 is 12.0 Å². The molecule has 1 aromatic carbocycles. The SMILES string of the molecule is O=C(O)CC1COCCN1C(=O)Nc1cccc(Br)c1. The molecule has 108 valence electrons. The van der Waals surface area contributed by atoms with Gasteiger partial charge in [-0.15, -0.1) is 0 Å². The molecule has 1 aliphatic rings. The molecule has 1 saturated heterocycles. The zero-order valence-corrected chi connectivity index (χ0v) is 12.3. The monoisotopic (exact) mass is 342 g/mol. The Hall–Kier alpha value is -1.60. The fourth-order valence-corrected chi connectivity index (χ4v) is 2.45. The number of ether oxygens (including phenoxy) is 1. The van der Waals surface area contributed by atoms with E-state index in [4.69, 9.17) is 9.84 Å². The maximum absolute atomic E-state index is 12.2. The molecule has 2 amide bonds. The van der Waals surface area contributed by atoms with E-state index in [1.165, 1.54) is 4.90 Å². The Labute approximate surface area is 124 Å². The maximum Gasteiger partial charge on any atom is 0.322 e. The van der Waals surface area contributed by atoms with Gasteiger partial charge < -0.3 is 20.1 Å². The lowest BCUT2D eigenvalue weighted by molar-refractivity contribution is -0.139. The highest BCUT2D eigenvalue weighted by atomic mass is 79.9. The summed E-state index contributed by atoms with van der Waals surface area (Å²) in [5, 5.41) is 11.6. The first-order valence-electron chi connectivity index (χ1n) is 6.19. The Kier molecular flexibility index (Phi) is 4.97. The van der Waals surface area contributed by atoms with E-state index in [-0.39, 0.29) is 19.1 Å². The van der Waals surface area contributed by atoms with Gasteiger partial charge in [0.25, 0.3) is 0 Å². The smallest absolute Gasteiger partial charge is 0.322 e. The summed E-state index contributed by atoms with van der Waals surface area (Å²) >= 11 is 3.33. The summed E-state index contributed by atoms with van der Waals surface area (Å²) < 4.78 is 6.10. The number of morpholine rings is 1. The van der Waals surface area contributed by atoms with Crippen molar-refractivity contribution in [2.24, 2.45) is 0 Å². The number of carbonyl (C=O) groups excluding carboxylic acids is 1. The molecule has 20 heavy (non-hydrogen) atoms. The standard InChI is InChI=1S/C13H15BrN2O4/c14-9-2-1-3-10(6-9)15-13(19)16-4-5-20-8-11(16)7-12(17)18/h1-3,6,11H,4-5,7-8H2,(H,15,19)(H,17,18). The number of urea groups is 1. The highest BCUT2D eigenvalue weighted by molar-refractivity contribution is 9.10. The Balaban J connectivity index is 2.04. The average molecular weight is 343 g/mol. The lowest BCUT2D eigenvalue weighted by Crippen LogP contribution is -2.51. The summed E-state index contributed by atoms with van der Waals surface area (Å²) in [6, 6.07) is 6.48. The second kappa shape index (κ2) is 6.71. The van der Waals surface area contributed by atoms with E-state index in [0.717, 1.165) is 4.47 Å². The summed E-state index contributed by atoms with van der Waals surface area (Å²) in [4.78, 5) is 24.6. The Morgan fingerprint density at radius 3 is 3.00 bits per heavy atom. The van der Waals surface area contributed by atoms with Gasteiger partial charge in [0.1, 0.15) is 0 Å². The Morgan fingerprint density at radius 1 is 1.50 bits per heavy atom. The highest BCUT2D eigenvalue weighted by Crippen LogP contribution is 2.18. The third-order valence-electron chi connectivity index (χ3n) is 2.97. The Bertz CT molecular complexity index is 509. The van der Waals surface area contributed by atoms with Gasteiger partial charge in [-0.1, -0.05) is 22.0 Å². The minimum atomic E-state index is -0.944. The number of halogens is 1. The van der Waals surface area contributed by atoms with Gasteiger partial charge in [-0.3, -0.25) is 4.79 Å². The zero-order valence-electron chi connectivity index (χ0n) is 10.7. The van der Waals surface area contributed by atoms with Crippen molar-refractivity contribution in [1.29, 1.82) is 0 Å². The van der Waals surface area contributed by atoms with Crippen molar-refractivity contribution in [1.82, 2.24) is 4.90 Å². The number of benzene rings is 1. The first kappa shape index (κ1) is 14.8. The number of nitrogens with one attached hydrogen (secondary N) is 1. The number of anilines is 1. The van der Waals surface area contributed by atoms with Crippen LogP contribution in [0.4, 0.5) is 10.5 Å². The third-order valence-corrected chi connectivity index (χ3v) is 3.47. The summed E-state index contributed by atoms with van der Waals surface area (Å²) in [5.74, 6) is -0.944. The fourth-order valence-electron chi connectivity index (χ4n) is 2.05. The van der Waals surface area contributed by atoms with Gasteiger partial charge >= 0.3 is 12.0 Å². The number of nitrogens with zero attached hydrogens (tertiary/aromatic N) is 1. The molecular formula is C13H15BrN2O4. The number of carboxylic acid groups (broad SMARTS) is 1. The molecular weight excluding hydrogens is 328 g/mol. The molecule has 0 aliphatic carbocycles. The van der Waals surface area contributed by atoms with Crippen LogP contribution in [0.3, 0.4) is 0 Å². The number of hydrogen-bond acceptors (Lipinski definition) is 3. The van der Waals surface area contributed by atoms with E-state index in [9.17, 15) is 9.59 Å². The van der Waals surface area contributed by atoms with Crippen molar-refractivity contribution in [2.75, 3.05) is 25.1 Å². The van der Waals surface area contributed by atoms with E-state index in [2.05, 4.69) is 21.2 Å². The molecule has 2 rings (SSSR count). The van der Waals surface area contributed by atoms with Crippen LogP contribution < -0.4 is 5.32 Å². The van der Waals surface area contributed by atoms with Gasteiger partial charge in [0.05, 0.1) is 25.7 Å². The molecule has 6 nitrogen and oxygen atoms in total. The molecule has 2 N–H and O–H groups in total. The molecule has 7 heteroatoms. The fraction of sp³-hybridized carbons (Fsp3) is 0.385. The van der Waals surface area contributed by atoms with E-state index in [1.807, 2.05) is 12.1 Å². The van der Waals surface area contributed by atoms with Crippen molar-refractivity contribution < 1.29 is 19.4 Å². The van der Waals surface area contributed by atoms with Gasteiger partial charge in [0, 0.05) is 16.7 Å². The molecule has 0 radical (unpaired) electrons. The summed E-state index contributed by atoms with van der Waals surface area (Å²) in [6.07, 6.45) is -0.119. The molecule has 1 atom stereocenters. The first-order chi connectivity index (χ1) is 9.56. The van der Waals surface area contributed by atoms with E-state index >= 15 is 0 Å². The molecule has 1 unspecified atom stereocenters. The van der Waals surface area contributed by atoms with Crippen molar-refractivity contribution in [3.05, 3.63) is 28.7 Å². The normalized spacial score (nSPS) is 18.6. The van der Waals surface area contributed by atoms with Crippen LogP contribution in [-0.2, 0) is 9.53 Å². The zero-order chi connectivity index (χ0) is 14.5. The summed E-state index contributed by atoms with van der Waals surface area (Å²) in [5.41, 5.74) is 0.657. The number of hydrogen-bond donors (Lipinski definition) is 2. The van der Waals surface area contributed by atoms with Crippen LogP contribution >= 0.6 is 15.9 Å². The molecule has 1 heterocycles. The second-order valence-corrected chi connectivity index (χ2v) is 5.38. The molecule has 1 aliphatic heterocycles. The number of rotatable bonds is 3. The van der Waals surface area contributed by atoms with Crippen LogP contribution in [0.5, 0.6) is 0 Å². The number of aliphatic carboxylic acids is 1. The predicted octanol–water partition coefficient (Wildman–Crippen LogP) is 2.16. The van der Waals surface area contributed by atoms with Crippen molar-refractivity contribution in [3.63, 3.8) is 0 Å². The largest absolute Gasteiger partial charge is 0.481 e. The third kappa shape index (κ3) is 3.94. The molecule has 0 saturated carbocycles. The van der Waals surface area contributed by atoms with Crippen LogP contribution in [0.25, 0.3) is 0 Å². The number of amides is 2. The van der Waals surface area contributed by atoms with Gasteiger partial charge in [-0.2, -0.15) is 0 Å². The maximum atomic E-state index is 12.2. The quantitative estimate of drug-likeness (QED) is 0.882. The van der Waals surface area contributed by atoms with Crippen molar-refractivity contribution in [3.8, 4) is 0 Å². The van der Waals surface area contributed by atoms with Crippen LogP contribution in [0, 0.1) is 0 Å². The van der Waals surface area contributed by atoms with Gasteiger partial charge in [0.2, 0.25) is 0 Å². The van der Waals surface area contributed by atoms with Gasteiger partial charge in [-0.05, 0) is 18.2 Å². The van der Waals surface area contributed by atoms with E-state index in [1.54, 1.807) is 12.1 Å². The predicted molar refractivity (Wildman–Crippen MR) is 76.7 cm³/mol. The van der Waals surface area contributed by atoms with Crippen LogP contribution in [0.15, 0.2) is 28.7 Å². The van der Waals surface area contributed by atoms with Crippen molar-refractivity contribution in [2.45, 2.75) is 12.5 Å². The van der Waals surface area contributed by atoms with Crippen LogP contribution in [0.2, 0.25) is 0 Å². The van der Waals surface area contributed by atoms with Crippen LogP contribution in [0.1, 0.15) is 6.42 Å². The average Bonchev–Trinajstić information content (AvgIpc) is 2.38.